The number of fused-ring (bicyclic) bond motifs is 1. The molecule has 1 amide bonds. The number of carboxylic acid groups (broad SMARTS) is 2. The van der Waals surface area contributed by atoms with Crippen molar-refractivity contribution in [2.24, 2.45) is 4.99 Å². The van der Waals surface area contributed by atoms with E-state index in [2.05, 4.69) is 0 Å². The number of hydrogen-bond donors (Lipinski definition) is 2. The van der Waals surface area contributed by atoms with E-state index in [1.165, 1.54) is 0 Å². The Labute approximate surface area is 174 Å². The highest BCUT2D eigenvalue weighted by Crippen LogP contribution is 2.30. The van der Waals surface area contributed by atoms with E-state index in [-0.39, 0.29) is 25.2 Å². The van der Waals surface area contributed by atoms with E-state index >= 15 is 0 Å². The summed E-state index contributed by atoms with van der Waals surface area (Å²) < 4.78 is 0. The summed E-state index contributed by atoms with van der Waals surface area (Å²) in [7, 11) is 0. The van der Waals surface area contributed by atoms with Gasteiger partial charge in [0.25, 0.3) is 5.91 Å². The van der Waals surface area contributed by atoms with Crippen LogP contribution in [0.5, 0.6) is 0 Å². The summed E-state index contributed by atoms with van der Waals surface area (Å²) in [4.78, 5) is 41.6. The summed E-state index contributed by atoms with van der Waals surface area (Å²) in [5, 5.41) is 18.0. The van der Waals surface area contributed by atoms with E-state index in [1.807, 2.05) is 54.6 Å². The molecule has 0 fully saturated rings. The smallest absolute Gasteiger partial charge is 0.303 e. The summed E-state index contributed by atoms with van der Waals surface area (Å²) in [6.07, 6.45) is 0.958. The van der Waals surface area contributed by atoms with Crippen molar-refractivity contribution >= 4 is 29.2 Å². The van der Waals surface area contributed by atoms with E-state index in [9.17, 15) is 14.4 Å². The molecule has 2 aromatic carbocycles. The summed E-state index contributed by atoms with van der Waals surface area (Å²) >= 11 is 0. The van der Waals surface area contributed by atoms with Gasteiger partial charge in [0.05, 0.1) is 11.4 Å². The third-order valence-electron chi connectivity index (χ3n) is 4.99. The average molecular weight is 408 g/mol. The van der Waals surface area contributed by atoms with Crippen molar-refractivity contribution in [3.63, 3.8) is 0 Å². The number of aliphatic imine (C=N–C) groups is 1. The van der Waals surface area contributed by atoms with Crippen molar-refractivity contribution in [2.45, 2.75) is 38.1 Å². The first kappa shape index (κ1) is 21.2. The first-order valence-electron chi connectivity index (χ1n) is 9.95. The highest BCUT2D eigenvalue weighted by Gasteiger charge is 2.31. The molecule has 0 saturated carbocycles. The lowest BCUT2D eigenvalue weighted by molar-refractivity contribution is -0.138. The molecule has 1 atom stereocenters. The van der Waals surface area contributed by atoms with Crippen LogP contribution in [0.2, 0.25) is 0 Å². The number of benzene rings is 2. The first-order valence-corrected chi connectivity index (χ1v) is 9.95. The second kappa shape index (κ2) is 9.82. The number of para-hydroxylation sites is 1. The van der Waals surface area contributed by atoms with Crippen LogP contribution < -0.4 is 4.90 Å². The van der Waals surface area contributed by atoms with Gasteiger partial charge in [0, 0.05) is 30.5 Å². The first-order chi connectivity index (χ1) is 14.5. The summed E-state index contributed by atoms with van der Waals surface area (Å²) in [5.74, 6) is -2.11. The normalized spacial score (nSPS) is 15.9. The number of unbranched alkanes of at least 4 members (excludes halogenated alkanes) is 1. The highest BCUT2D eigenvalue weighted by molar-refractivity contribution is 6.20. The summed E-state index contributed by atoms with van der Waals surface area (Å²) in [5.41, 5.74) is 3.01. The molecule has 7 nitrogen and oxygen atoms in total. The van der Waals surface area contributed by atoms with Crippen LogP contribution in [-0.4, -0.2) is 46.4 Å². The van der Waals surface area contributed by atoms with Crippen molar-refractivity contribution in [1.29, 1.82) is 0 Å². The molecule has 7 heteroatoms. The topological polar surface area (TPSA) is 107 Å². The SMILES string of the molecule is O=C(O)CCCCN1C(=O)[C@H](CCC(=O)O)N=C(c2ccccc2)c2ccccc21. The van der Waals surface area contributed by atoms with E-state index in [0.717, 1.165) is 11.1 Å². The van der Waals surface area contributed by atoms with Crippen molar-refractivity contribution < 1.29 is 24.6 Å². The minimum absolute atomic E-state index is 0.0396. The highest BCUT2D eigenvalue weighted by atomic mass is 16.4. The van der Waals surface area contributed by atoms with Crippen molar-refractivity contribution in [3.05, 3.63) is 65.7 Å². The Balaban J connectivity index is 2.00. The number of aliphatic carboxylic acids is 2. The Kier molecular flexibility index (Phi) is 6.95. The van der Waals surface area contributed by atoms with E-state index in [1.54, 1.807) is 4.90 Å². The van der Waals surface area contributed by atoms with Gasteiger partial charge in [-0.2, -0.15) is 0 Å². The number of nitrogens with zero attached hydrogens (tertiary/aromatic N) is 2. The van der Waals surface area contributed by atoms with Gasteiger partial charge in [-0.3, -0.25) is 19.4 Å². The quantitative estimate of drug-likeness (QED) is 0.619. The van der Waals surface area contributed by atoms with Crippen molar-refractivity contribution in [3.8, 4) is 0 Å². The second-order valence-corrected chi connectivity index (χ2v) is 7.15. The molecule has 30 heavy (non-hydrogen) atoms. The number of carboxylic acids is 2. The van der Waals surface area contributed by atoms with Crippen molar-refractivity contribution in [1.82, 2.24) is 0 Å². The maximum absolute atomic E-state index is 13.3. The Morgan fingerprint density at radius 3 is 2.27 bits per heavy atom. The molecule has 0 unspecified atom stereocenters. The molecule has 1 aliphatic heterocycles. The van der Waals surface area contributed by atoms with Crippen LogP contribution in [0, 0.1) is 0 Å². The third-order valence-corrected chi connectivity index (χ3v) is 4.99. The second-order valence-electron chi connectivity index (χ2n) is 7.15. The molecule has 2 N–H and O–H groups in total. The lowest BCUT2D eigenvalue weighted by Gasteiger charge is -2.25. The van der Waals surface area contributed by atoms with Gasteiger partial charge in [0.15, 0.2) is 0 Å². The van der Waals surface area contributed by atoms with E-state index in [0.29, 0.717) is 30.8 Å². The molecule has 0 bridgehead atoms. The van der Waals surface area contributed by atoms with Gasteiger partial charge in [-0.15, -0.1) is 0 Å². The molecule has 0 aromatic heterocycles. The molecule has 156 valence electrons. The molecule has 0 aliphatic carbocycles. The zero-order valence-corrected chi connectivity index (χ0v) is 16.5. The zero-order valence-electron chi connectivity index (χ0n) is 16.5. The van der Waals surface area contributed by atoms with Gasteiger partial charge in [0.2, 0.25) is 0 Å². The molecule has 1 aliphatic rings. The number of amides is 1. The third kappa shape index (κ3) is 5.11. The lowest BCUT2D eigenvalue weighted by Crippen LogP contribution is -2.39. The molecule has 0 spiro atoms. The monoisotopic (exact) mass is 408 g/mol. The Morgan fingerprint density at radius 2 is 1.57 bits per heavy atom. The van der Waals surface area contributed by atoms with Gasteiger partial charge < -0.3 is 15.1 Å². The fourth-order valence-corrected chi connectivity index (χ4v) is 3.54. The molecule has 0 saturated heterocycles. The number of benzodiazepines with no additional fused rings is 1. The van der Waals surface area contributed by atoms with Crippen LogP contribution in [0.15, 0.2) is 59.6 Å². The van der Waals surface area contributed by atoms with Gasteiger partial charge in [-0.1, -0.05) is 48.5 Å². The van der Waals surface area contributed by atoms with Crippen LogP contribution in [0.4, 0.5) is 5.69 Å². The minimum Gasteiger partial charge on any atom is -0.481 e. The van der Waals surface area contributed by atoms with Gasteiger partial charge >= 0.3 is 11.9 Å². The van der Waals surface area contributed by atoms with Crippen LogP contribution in [0.3, 0.4) is 0 Å². The fraction of sp³-hybridized carbons (Fsp3) is 0.304. The number of anilines is 1. The Morgan fingerprint density at radius 1 is 0.900 bits per heavy atom. The molecule has 2 aromatic rings. The summed E-state index contributed by atoms with van der Waals surface area (Å²) in [6.45, 7) is 0.351. The maximum atomic E-state index is 13.3. The average Bonchev–Trinajstić information content (AvgIpc) is 2.85. The largest absolute Gasteiger partial charge is 0.481 e. The Bertz CT molecular complexity index is 955. The lowest BCUT2D eigenvalue weighted by atomic mass is 10.00. The maximum Gasteiger partial charge on any atom is 0.303 e. The van der Waals surface area contributed by atoms with Crippen molar-refractivity contribution in [2.75, 3.05) is 11.4 Å². The number of rotatable bonds is 9. The van der Waals surface area contributed by atoms with Crippen LogP contribution in [0.1, 0.15) is 43.2 Å². The van der Waals surface area contributed by atoms with Gasteiger partial charge in [-0.25, -0.2) is 0 Å². The summed E-state index contributed by atoms with van der Waals surface area (Å²) in [6, 6.07) is 16.2. The predicted octanol–water partition coefficient (Wildman–Crippen LogP) is 3.36. The fourth-order valence-electron chi connectivity index (χ4n) is 3.54. The van der Waals surface area contributed by atoms with Gasteiger partial charge in [0.1, 0.15) is 6.04 Å². The minimum atomic E-state index is -0.978. The molecular formula is C23H24N2O5. The standard InChI is InChI=1S/C23H24N2O5/c26-20(27)12-6-7-15-25-19-11-5-4-10-17(19)22(16-8-2-1-3-9-16)24-18(23(25)30)13-14-21(28)29/h1-5,8-11,18H,6-7,12-15H2,(H,26,27)(H,28,29)/t18-/m0/s1. The molecule has 1 heterocycles. The number of carbonyl (C=O) groups excluding carboxylic acids is 1. The predicted molar refractivity (Wildman–Crippen MR) is 113 cm³/mol. The zero-order chi connectivity index (χ0) is 21.5. The van der Waals surface area contributed by atoms with E-state index in [4.69, 9.17) is 15.2 Å². The number of carbonyl (C=O) groups is 3. The molecule has 0 radical (unpaired) electrons. The van der Waals surface area contributed by atoms with Crippen LogP contribution in [-0.2, 0) is 14.4 Å². The van der Waals surface area contributed by atoms with E-state index < -0.39 is 18.0 Å². The molecular weight excluding hydrogens is 384 g/mol. The Hall–Kier alpha value is -3.48. The van der Waals surface area contributed by atoms with Crippen LogP contribution in [0.25, 0.3) is 0 Å². The van der Waals surface area contributed by atoms with Crippen LogP contribution >= 0.6 is 0 Å². The molecule has 3 rings (SSSR count). The van der Waals surface area contributed by atoms with Gasteiger partial charge in [-0.05, 0) is 25.3 Å². The number of hydrogen-bond acceptors (Lipinski definition) is 4.